The molecule has 0 radical (unpaired) electrons. The number of rotatable bonds is 7. The van der Waals surface area contributed by atoms with Gasteiger partial charge in [0.1, 0.15) is 11.2 Å². The van der Waals surface area contributed by atoms with Crippen molar-refractivity contribution in [2.24, 2.45) is 0 Å². The van der Waals surface area contributed by atoms with Crippen molar-refractivity contribution >= 4 is 49.8 Å². The Labute approximate surface area is 314 Å². The van der Waals surface area contributed by atoms with E-state index in [4.69, 9.17) is 4.42 Å². The summed E-state index contributed by atoms with van der Waals surface area (Å²) < 4.78 is 6.55. The quantitative estimate of drug-likeness (QED) is 0.166. The second-order valence-corrected chi connectivity index (χ2v) is 13.7. The van der Waals surface area contributed by atoms with Crippen LogP contribution in [0.4, 0.5) is 17.1 Å². The average molecular weight is 690 g/mol. The molecule has 9 aromatic carbocycles. The Morgan fingerprint density at radius 1 is 0.278 bits per heavy atom. The van der Waals surface area contributed by atoms with Crippen molar-refractivity contribution in [2.45, 2.75) is 0 Å². The number of nitrogens with zero attached hydrogens (tertiary/aromatic N) is 1. The van der Waals surface area contributed by atoms with Gasteiger partial charge < -0.3 is 9.32 Å². The molecule has 0 aliphatic carbocycles. The molecule has 0 unspecified atom stereocenters. The summed E-state index contributed by atoms with van der Waals surface area (Å²) in [6.45, 7) is 0. The summed E-state index contributed by atoms with van der Waals surface area (Å²) in [5.74, 6) is 0. The van der Waals surface area contributed by atoms with Crippen LogP contribution in [-0.2, 0) is 0 Å². The van der Waals surface area contributed by atoms with Crippen LogP contribution in [0.2, 0.25) is 0 Å². The molecular formula is C52H35NO. The summed E-state index contributed by atoms with van der Waals surface area (Å²) in [5.41, 5.74) is 14.7. The van der Waals surface area contributed by atoms with Gasteiger partial charge in [-0.2, -0.15) is 0 Å². The molecule has 0 aliphatic rings. The maximum Gasteiger partial charge on any atom is 0.143 e. The fourth-order valence-corrected chi connectivity index (χ4v) is 7.75. The number of para-hydroxylation sites is 1. The third kappa shape index (κ3) is 5.71. The van der Waals surface area contributed by atoms with Crippen LogP contribution in [0.1, 0.15) is 0 Å². The second kappa shape index (κ2) is 13.4. The highest BCUT2D eigenvalue weighted by atomic mass is 16.3. The fourth-order valence-electron chi connectivity index (χ4n) is 7.75. The van der Waals surface area contributed by atoms with Crippen LogP contribution in [0.25, 0.3) is 77.2 Å². The van der Waals surface area contributed by atoms with E-state index in [1.165, 1.54) is 38.8 Å². The van der Waals surface area contributed by atoms with Crippen LogP contribution in [0, 0.1) is 0 Å². The summed E-state index contributed by atoms with van der Waals surface area (Å²) >= 11 is 0. The first-order chi connectivity index (χ1) is 26.8. The zero-order valence-electron chi connectivity index (χ0n) is 29.6. The first-order valence-corrected chi connectivity index (χ1v) is 18.4. The Bertz CT molecular complexity index is 2880. The van der Waals surface area contributed by atoms with Gasteiger partial charge in [0, 0.05) is 33.2 Å². The highest BCUT2D eigenvalue weighted by molar-refractivity contribution is 6.19. The molecule has 2 nitrogen and oxygen atoms in total. The number of benzene rings is 9. The summed E-state index contributed by atoms with van der Waals surface area (Å²) in [6.07, 6.45) is 0. The van der Waals surface area contributed by atoms with E-state index in [0.29, 0.717) is 0 Å². The maximum absolute atomic E-state index is 6.55. The first kappa shape index (κ1) is 31.6. The molecular weight excluding hydrogens is 655 g/mol. The molecule has 0 saturated heterocycles. The van der Waals surface area contributed by atoms with Gasteiger partial charge >= 0.3 is 0 Å². The number of furan rings is 1. The van der Waals surface area contributed by atoms with E-state index >= 15 is 0 Å². The normalized spacial score (nSPS) is 11.3. The van der Waals surface area contributed by atoms with E-state index in [1.54, 1.807) is 0 Å². The van der Waals surface area contributed by atoms with Crippen molar-refractivity contribution in [2.75, 3.05) is 4.90 Å². The lowest BCUT2D eigenvalue weighted by Crippen LogP contribution is -2.09. The summed E-state index contributed by atoms with van der Waals surface area (Å²) in [5, 5.41) is 4.58. The van der Waals surface area contributed by atoms with Crippen LogP contribution in [0.5, 0.6) is 0 Å². The second-order valence-electron chi connectivity index (χ2n) is 13.7. The molecule has 0 saturated carbocycles. The van der Waals surface area contributed by atoms with Crippen LogP contribution in [0.3, 0.4) is 0 Å². The minimum absolute atomic E-state index is 0.895. The van der Waals surface area contributed by atoms with Crippen molar-refractivity contribution in [1.82, 2.24) is 0 Å². The molecule has 0 atom stereocenters. The molecule has 10 aromatic rings. The minimum atomic E-state index is 0.895. The molecule has 10 rings (SSSR count). The molecule has 1 aromatic heterocycles. The largest absolute Gasteiger partial charge is 0.455 e. The van der Waals surface area contributed by atoms with Gasteiger partial charge in [0.05, 0.1) is 0 Å². The number of hydrogen-bond donors (Lipinski definition) is 0. The Morgan fingerprint density at radius 3 is 1.30 bits per heavy atom. The molecule has 254 valence electrons. The van der Waals surface area contributed by atoms with Crippen molar-refractivity contribution < 1.29 is 4.42 Å². The molecule has 0 spiro atoms. The Morgan fingerprint density at radius 2 is 0.704 bits per heavy atom. The third-order valence-electron chi connectivity index (χ3n) is 10.5. The van der Waals surface area contributed by atoms with Crippen molar-refractivity contribution in [1.29, 1.82) is 0 Å². The summed E-state index contributed by atoms with van der Waals surface area (Å²) in [4.78, 5) is 2.31. The van der Waals surface area contributed by atoms with Gasteiger partial charge in [-0.25, -0.2) is 0 Å². The molecule has 0 N–H and O–H groups in total. The highest BCUT2D eigenvalue weighted by Gasteiger charge is 2.17. The standard InChI is InChI=1S/C52H35NO/c1-4-12-36(13-5-1)37-20-22-38(23-21-37)39-24-29-44(30-25-39)53(43-16-8-3-9-17-43)45-31-26-40(27-32-45)42-28-33-51-49(34-42)50-35-48(41-14-6-2-7-15-41)46-18-10-11-19-47(46)52(50)54-51/h1-35H. The number of anilines is 3. The van der Waals surface area contributed by atoms with Gasteiger partial charge in [0.15, 0.2) is 0 Å². The Balaban J connectivity index is 0.992. The van der Waals surface area contributed by atoms with Crippen molar-refractivity contribution in [3.63, 3.8) is 0 Å². The third-order valence-corrected chi connectivity index (χ3v) is 10.5. The van der Waals surface area contributed by atoms with E-state index in [1.807, 2.05) is 0 Å². The van der Waals surface area contributed by atoms with Gasteiger partial charge in [-0.15, -0.1) is 0 Å². The van der Waals surface area contributed by atoms with Crippen molar-refractivity contribution in [3.8, 4) is 44.5 Å². The Kier molecular flexibility index (Phi) is 7.85. The van der Waals surface area contributed by atoms with Crippen LogP contribution < -0.4 is 4.90 Å². The minimum Gasteiger partial charge on any atom is -0.455 e. The lowest BCUT2D eigenvalue weighted by atomic mass is 9.95. The van der Waals surface area contributed by atoms with Gasteiger partial charge in [-0.1, -0.05) is 158 Å². The summed E-state index contributed by atoms with van der Waals surface area (Å²) in [7, 11) is 0. The fraction of sp³-hybridized carbons (Fsp3) is 0. The molecule has 1 heterocycles. The molecule has 54 heavy (non-hydrogen) atoms. The molecule has 2 heteroatoms. The average Bonchev–Trinajstić information content (AvgIpc) is 3.63. The predicted molar refractivity (Wildman–Crippen MR) is 228 cm³/mol. The topological polar surface area (TPSA) is 16.4 Å². The highest BCUT2D eigenvalue weighted by Crippen LogP contribution is 2.42. The van der Waals surface area contributed by atoms with E-state index in [9.17, 15) is 0 Å². The smallest absolute Gasteiger partial charge is 0.143 e. The van der Waals surface area contributed by atoms with Gasteiger partial charge in [0.2, 0.25) is 0 Å². The number of hydrogen-bond acceptors (Lipinski definition) is 2. The number of fused-ring (bicyclic) bond motifs is 5. The predicted octanol–water partition coefficient (Wildman–Crippen LogP) is 14.9. The van der Waals surface area contributed by atoms with Gasteiger partial charge in [0.25, 0.3) is 0 Å². The SMILES string of the molecule is c1ccc(-c2ccc(-c3ccc(N(c4ccccc4)c4ccc(-c5ccc6oc7c8ccccc8c(-c8ccccc8)cc7c6c5)cc4)cc3)cc2)cc1. The zero-order chi connectivity index (χ0) is 35.8. The monoisotopic (exact) mass is 689 g/mol. The molecule has 0 amide bonds. The van der Waals surface area contributed by atoms with Crippen LogP contribution in [0.15, 0.2) is 217 Å². The maximum atomic E-state index is 6.55. The Hall–Kier alpha value is -7.16. The van der Waals surface area contributed by atoms with Crippen LogP contribution in [-0.4, -0.2) is 0 Å². The van der Waals surface area contributed by atoms with Crippen molar-refractivity contribution in [3.05, 3.63) is 212 Å². The first-order valence-electron chi connectivity index (χ1n) is 18.4. The zero-order valence-corrected chi connectivity index (χ0v) is 29.6. The van der Waals surface area contributed by atoms with E-state index in [2.05, 4.69) is 217 Å². The lowest BCUT2D eigenvalue weighted by molar-refractivity contribution is 0.673. The molecule has 0 aliphatic heterocycles. The van der Waals surface area contributed by atoms with Gasteiger partial charge in [-0.3, -0.25) is 0 Å². The molecule has 0 bridgehead atoms. The van der Waals surface area contributed by atoms with Crippen LogP contribution >= 0.6 is 0 Å². The van der Waals surface area contributed by atoms with E-state index in [0.717, 1.165) is 55.5 Å². The summed E-state index contributed by atoms with van der Waals surface area (Å²) in [6, 6.07) is 75.7. The van der Waals surface area contributed by atoms with E-state index < -0.39 is 0 Å². The van der Waals surface area contributed by atoms with E-state index in [-0.39, 0.29) is 0 Å². The van der Waals surface area contributed by atoms with Gasteiger partial charge in [-0.05, 0) is 104 Å². The lowest BCUT2D eigenvalue weighted by Gasteiger charge is -2.26. The molecule has 0 fully saturated rings.